The Morgan fingerprint density at radius 3 is 2.71 bits per heavy atom. The Kier molecular flexibility index (Phi) is 6.06. The van der Waals surface area contributed by atoms with Crippen molar-refractivity contribution in [2.45, 2.75) is 20.4 Å². The topological polar surface area (TPSA) is 89.0 Å². The van der Waals surface area contributed by atoms with Crippen LogP contribution in [0.25, 0.3) is 0 Å². The molecule has 8 heteroatoms. The maximum absolute atomic E-state index is 12.7. The lowest BCUT2D eigenvalue weighted by Gasteiger charge is -2.13. The molecule has 144 valence electrons. The molecular weight excluding hydrogens is 378 g/mol. The van der Waals surface area contributed by atoms with E-state index in [0.29, 0.717) is 34.6 Å². The van der Waals surface area contributed by atoms with Gasteiger partial charge < -0.3 is 15.4 Å². The van der Waals surface area contributed by atoms with E-state index in [1.54, 1.807) is 31.3 Å². The van der Waals surface area contributed by atoms with E-state index < -0.39 is 0 Å². The summed E-state index contributed by atoms with van der Waals surface area (Å²) in [4.78, 5) is 25.6. The van der Waals surface area contributed by atoms with Crippen molar-refractivity contribution in [2.75, 3.05) is 17.7 Å². The van der Waals surface area contributed by atoms with Gasteiger partial charge >= 0.3 is 0 Å². The van der Waals surface area contributed by atoms with Crippen LogP contribution in [0.3, 0.4) is 0 Å². The molecule has 0 aliphatic carbocycles. The number of carbonyl (C=O) groups is 1. The Morgan fingerprint density at radius 2 is 2.00 bits per heavy atom. The SMILES string of the molecule is COc1cc(Cl)c(C)cc1NC(=O)c1cc(C)nc(NCc2ccccn2)n1. The quantitative estimate of drug-likeness (QED) is 0.653. The molecule has 0 radical (unpaired) electrons. The maximum Gasteiger partial charge on any atom is 0.274 e. The van der Waals surface area contributed by atoms with Crippen LogP contribution in [0.2, 0.25) is 5.02 Å². The monoisotopic (exact) mass is 397 g/mol. The second-order valence-electron chi connectivity index (χ2n) is 6.15. The van der Waals surface area contributed by atoms with Gasteiger partial charge in [-0.05, 0) is 43.7 Å². The van der Waals surface area contributed by atoms with Crippen molar-refractivity contribution in [1.82, 2.24) is 15.0 Å². The summed E-state index contributed by atoms with van der Waals surface area (Å²) in [6.45, 7) is 4.11. The van der Waals surface area contributed by atoms with Gasteiger partial charge in [-0.2, -0.15) is 0 Å². The average Bonchev–Trinajstić information content (AvgIpc) is 2.69. The van der Waals surface area contributed by atoms with Crippen LogP contribution >= 0.6 is 11.6 Å². The standard InChI is InChI=1S/C20H20ClN5O2/c1-12-8-16(18(28-3)10-15(12)21)25-19(27)17-9-13(2)24-20(26-17)23-11-14-6-4-5-7-22-14/h4-10H,11H2,1-3H3,(H,25,27)(H,23,24,26). The first-order valence-electron chi connectivity index (χ1n) is 8.61. The highest BCUT2D eigenvalue weighted by molar-refractivity contribution is 6.31. The van der Waals surface area contributed by atoms with Gasteiger partial charge in [0.25, 0.3) is 5.91 Å². The van der Waals surface area contributed by atoms with E-state index in [0.717, 1.165) is 11.3 Å². The molecule has 1 amide bonds. The fraction of sp³-hybridized carbons (Fsp3) is 0.200. The first kappa shape index (κ1) is 19.6. The van der Waals surface area contributed by atoms with Gasteiger partial charge in [0.15, 0.2) is 0 Å². The molecule has 0 saturated carbocycles. The fourth-order valence-electron chi connectivity index (χ4n) is 2.55. The molecule has 3 aromatic rings. The van der Waals surface area contributed by atoms with Crippen LogP contribution in [0.15, 0.2) is 42.6 Å². The normalized spacial score (nSPS) is 10.4. The first-order chi connectivity index (χ1) is 13.5. The molecule has 0 unspecified atom stereocenters. The predicted molar refractivity (Wildman–Crippen MR) is 109 cm³/mol. The Bertz CT molecular complexity index is 995. The number of hydrogen-bond donors (Lipinski definition) is 2. The Balaban J connectivity index is 1.79. The van der Waals surface area contributed by atoms with Crippen molar-refractivity contribution in [2.24, 2.45) is 0 Å². The summed E-state index contributed by atoms with van der Waals surface area (Å²) in [5.41, 5.74) is 3.11. The molecule has 0 aliphatic heterocycles. The van der Waals surface area contributed by atoms with Gasteiger partial charge in [0.2, 0.25) is 5.95 Å². The van der Waals surface area contributed by atoms with E-state index >= 15 is 0 Å². The second kappa shape index (κ2) is 8.67. The summed E-state index contributed by atoms with van der Waals surface area (Å²) >= 11 is 6.12. The summed E-state index contributed by atoms with van der Waals surface area (Å²) < 4.78 is 5.30. The minimum Gasteiger partial charge on any atom is -0.495 e. The molecular formula is C20H20ClN5O2. The van der Waals surface area contributed by atoms with Crippen molar-refractivity contribution >= 4 is 29.1 Å². The molecule has 0 spiro atoms. The number of nitrogens with one attached hydrogen (secondary N) is 2. The molecule has 0 saturated heterocycles. The Hall–Kier alpha value is -3.19. The fourth-order valence-corrected chi connectivity index (χ4v) is 2.71. The molecule has 2 aromatic heterocycles. The molecule has 0 atom stereocenters. The Morgan fingerprint density at radius 1 is 1.18 bits per heavy atom. The van der Waals surface area contributed by atoms with E-state index in [9.17, 15) is 4.79 Å². The molecule has 28 heavy (non-hydrogen) atoms. The van der Waals surface area contributed by atoms with Crippen LogP contribution in [-0.2, 0) is 6.54 Å². The van der Waals surface area contributed by atoms with Crippen LogP contribution in [0.5, 0.6) is 5.75 Å². The summed E-state index contributed by atoms with van der Waals surface area (Å²) in [5.74, 6) is 0.463. The highest BCUT2D eigenvalue weighted by atomic mass is 35.5. The van der Waals surface area contributed by atoms with Crippen molar-refractivity contribution in [3.63, 3.8) is 0 Å². The molecule has 7 nitrogen and oxygen atoms in total. The van der Waals surface area contributed by atoms with Gasteiger partial charge in [-0.15, -0.1) is 0 Å². The van der Waals surface area contributed by atoms with E-state index in [-0.39, 0.29) is 11.6 Å². The third-order valence-electron chi connectivity index (χ3n) is 3.97. The van der Waals surface area contributed by atoms with Gasteiger partial charge in [0, 0.05) is 23.0 Å². The number of ether oxygens (including phenoxy) is 1. The number of benzene rings is 1. The number of halogens is 1. The first-order valence-corrected chi connectivity index (χ1v) is 8.99. The van der Waals surface area contributed by atoms with Crippen LogP contribution in [0, 0.1) is 13.8 Å². The highest BCUT2D eigenvalue weighted by Crippen LogP contribution is 2.31. The number of nitrogens with zero attached hydrogens (tertiary/aromatic N) is 3. The zero-order valence-electron chi connectivity index (χ0n) is 15.8. The lowest BCUT2D eigenvalue weighted by atomic mass is 10.2. The summed E-state index contributed by atoms with van der Waals surface area (Å²) in [7, 11) is 1.52. The largest absolute Gasteiger partial charge is 0.495 e. The minimum atomic E-state index is -0.369. The number of methoxy groups -OCH3 is 1. The van der Waals surface area contributed by atoms with Crippen molar-refractivity contribution in [1.29, 1.82) is 0 Å². The predicted octanol–water partition coefficient (Wildman–Crippen LogP) is 4.01. The number of anilines is 2. The summed E-state index contributed by atoms with van der Waals surface area (Å²) in [6.07, 6.45) is 1.72. The number of aromatic nitrogens is 3. The van der Waals surface area contributed by atoms with Crippen LogP contribution in [0.1, 0.15) is 27.4 Å². The number of rotatable bonds is 6. The van der Waals surface area contributed by atoms with Crippen molar-refractivity contribution in [3.8, 4) is 5.75 Å². The highest BCUT2D eigenvalue weighted by Gasteiger charge is 2.15. The van der Waals surface area contributed by atoms with Gasteiger partial charge in [-0.1, -0.05) is 17.7 Å². The molecule has 0 fully saturated rings. The second-order valence-corrected chi connectivity index (χ2v) is 6.56. The van der Waals surface area contributed by atoms with Gasteiger partial charge in [0.05, 0.1) is 25.0 Å². The molecule has 2 heterocycles. The van der Waals surface area contributed by atoms with Crippen molar-refractivity contribution in [3.05, 3.63) is 70.3 Å². The van der Waals surface area contributed by atoms with Gasteiger partial charge in [-0.25, -0.2) is 9.97 Å². The van der Waals surface area contributed by atoms with Crippen LogP contribution in [-0.4, -0.2) is 28.0 Å². The van der Waals surface area contributed by atoms with E-state index in [2.05, 4.69) is 25.6 Å². The number of hydrogen-bond acceptors (Lipinski definition) is 6. The third kappa shape index (κ3) is 4.75. The zero-order valence-corrected chi connectivity index (χ0v) is 16.5. The van der Waals surface area contributed by atoms with Crippen molar-refractivity contribution < 1.29 is 9.53 Å². The van der Waals surface area contributed by atoms with E-state index in [1.165, 1.54) is 7.11 Å². The van der Waals surface area contributed by atoms with Gasteiger partial charge in [-0.3, -0.25) is 9.78 Å². The average molecular weight is 398 g/mol. The van der Waals surface area contributed by atoms with Crippen LogP contribution in [0.4, 0.5) is 11.6 Å². The summed E-state index contributed by atoms with van der Waals surface area (Å²) in [6, 6.07) is 10.7. The zero-order chi connectivity index (χ0) is 20.1. The number of pyridine rings is 1. The third-order valence-corrected chi connectivity index (χ3v) is 4.38. The van der Waals surface area contributed by atoms with E-state index in [4.69, 9.17) is 16.3 Å². The number of amides is 1. The molecule has 2 N–H and O–H groups in total. The Labute approximate surface area is 168 Å². The molecule has 0 bridgehead atoms. The van der Waals surface area contributed by atoms with E-state index in [1.807, 2.05) is 25.1 Å². The number of carbonyl (C=O) groups excluding carboxylic acids is 1. The lowest BCUT2D eigenvalue weighted by Crippen LogP contribution is -2.17. The summed E-state index contributed by atoms with van der Waals surface area (Å²) in [5, 5.41) is 6.48. The van der Waals surface area contributed by atoms with Crippen LogP contribution < -0.4 is 15.4 Å². The lowest BCUT2D eigenvalue weighted by molar-refractivity contribution is 0.102. The minimum absolute atomic E-state index is 0.241. The molecule has 1 aromatic carbocycles. The van der Waals surface area contributed by atoms with Gasteiger partial charge in [0.1, 0.15) is 11.4 Å². The maximum atomic E-state index is 12.7. The smallest absolute Gasteiger partial charge is 0.274 e. The molecule has 3 rings (SSSR count). The number of aryl methyl sites for hydroxylation is 2. The molecule has 0 aliphatic rings.